The van der Waals surface area contributed by atoms with Gasteiger partial charge in [-0.2, -0.15) is 0 Å². The van der Waals surface area contributed by atoms with Crippen LogP contribution in [0.3, 0.4) is 0 Å². The molecule has 0 aliphatic heterocycles. The Morgan fingerprint density at radius 2 is 1.77 bits per heavy atom. The number of hydrogen-bond donors (Lipinski definition) is 0. The van der Waals surface area contributed by atoms with Crippen molar-refractivity contribution < 1.29 is 8.78 Å². The van der Waals surface area contributed by atoms with Gasteiger partial charge in [-0.3, -0.25) is 4.90 Å². The van der Waals surface area contributed by atoms with Gasteiger partial charge in [0, 0.05) is 6.04 Å². The fourth-order valence-electron chi connectivity index (χ4n) is 3.13. The minimum atomic E-state index is -0.173. The number of aryl methyl sites for hydroxylation is 1. The summed E-state index contributed by atoms with van der Waals surface area (Å²) >= 11 is 0. The number of allylic oxidation sites excluding steroid dienone is 3. The van der Waals surface area contributed by atoms with Crippen LogP contribution in [0.2, 0.25) is 0 Å². The van der Waals surface area contributed by atoms with Crippen LogP contribution in [0, 0.1) is 12.7 Å². The van der Waals surface area contributed by atoms with Crippen molar-refractivity contribution in [3.05, 3.63) is 58.7 Å². The normalized spacial score (nSPS) is 14.2. The molecule has 0 aliphatic rings. The molecule has 1 aromatic carbocycles. The maximum absolute atomic E-state index is 13.8. The lowest BCUT2D eigenvalue weighted by Gasteiger charge is -2.32. The highest BCUT2D eigenvalue weighted by molar-refractivity contribution is 5.29. The van der Waals surface area contributed by atoms with Gasteiger partial charge in [-0.15, -0.1) is 0 Å². The Morgan fingerprint density at radius 3 is 2.27 bits per heavy atom. The summed E-state index contributed by atoms with van der Waals surface area (Å²) in [5, 5.41) is 0. The molecule has 1 rings (SSSR count). The summed E-state index contributed by atoms with van der Waals surface area (Å²) in [6, 6.07) is 5.53. The first-order chi connectivity index (χ1) is 12.4. The molecule has 0 saturated heterocycles. The summed E-state index contributed by atoms with van der Waals surface area (Å²) in [7, 11) is 0. The van der Waals surface area contributed by atoms with Crippen molar-refractivity contribution >= 4 is 0 Å². The summed E-state index contributed by atoms with van der Waals surface area (Å²) in [4.78, 5) is 2.48. The molecule has 1 unspecified atom stereocenters. The quantitative estimate of drug-likeness (QED) is 0.373. The van der Waals surface area contributed by atoms with Crippen molar-refractivity contribution in [1.29, 1.82) is 0 Å². The number of halogens is 2. The Kier molecular flexibility index (Phi) is 10.4. The van der Waals surface area contributed by atoms with Crippen LogP contribution in [0.5, 0.6) is 0 Å². The van der Waals surface area contributed by atoms with E-state index in [9.17, 15) is 8.78 Å². The fraction of sp³-hybridized carbons (Fsp3) is 0.565. The first-order valence-electron chi connectivity index (χ1n) is 9.93. The summed E-state index contributed by atoms with van der Waals surface area (Å²) in [5.74, 6) is -0.347. The van der Waals surface area contributed by atoms with Crippen molar-refractivity contribution in [2.45, 2.75) is 72.8 Å². The van der Waals surface area contributed by atoms with E-state index in [2.05, 4.69) is 18.7 Å². The third kappa shape index (κ3) is 7.03. The molecular formula is C23H35F2N. The van der Waals surface area contributed by atoms with E-state index >= 15 is 0 Å². The van der Waals surface area contributed by atoms with Crippen LogP contribution in [0.4, 0.5) is 8.78 Å². The minimum Gasteiger partial charge on any atom is -0.296 e. The molecule has 0 saturated carbocycles. The predicted molar refractivity (Wildman–Crippen MR) is 109 cm³/mol. The van der Waals surface area contributed by atoms with Gasteiger partial charge in [-0.05, 0) is 75.9 Å². The Hall–Kier alpha value is -1.48. The fourth-order valence-corrected chi connectivity index (χ4v) is 3.13. The molecule has 0 aliphatic carbocycles. The van der Waals surface area contributed by atoms with Crippen molar-refractivity contribution in [2.75, 3.05) is 13.1 Å². The highest BCUT2D eigenvalue weighted by atomic mass is 19.1. The van der Waals surface area contributed by atoms with Crippen LogP contribution in [0.1, 0.15) is 77.0 Å². The smallest absolute Gasteiger partial charge is 0.126 e. The molecule has 3 heteroatoms. The summed E-state index contributed by atoms with van der Waals surface area (Å²) in [6.45, 7) is 11.7. The molecule has 0 N–H and O–H groups in total. The molecular weight excluding hydrogens is 328 g/mol. The molecule has 146 valence electrons. The summed E-state index contributed by atoms with van der Waals surface area (Å²) < 4.78 is 27.6. The third-order valence-corrected chi connectivity index (χ3v) is 4.88. The van der Waals surface area contributed by atoms with E-state index in [1.807, 2.05) is 25.1 Å². The molecule has 0 amide bonds. The SMILES string of the molecule is C/C=C(F)\C(C)=C/CC(c1ccc(F)c(C)c1)N(CCCC)CCCC. The van der Waals surface area contributed by atoms with Gasteiger partial charge >= 0.3 is 0 Å². The van der Waals surface area contributed by atoms with Crippen LogP contribution in [0.15, 0.2) is 41.8 Å². The average Bonchev–Trinajstić information content (AvgIpc) is 2.64. The highest BCUT2D eigenvalue weighted by Crippen LogP contribution is 2.28. The van der Waals surface area contributed by atoms with E-state index in [0.29, 0.717) is 11.1 Å². The van der Waals surface area contributed by atoms with Crippen LogP contribution < -0.4 is 0 Å². The number of hydrogen-bond acceptors (Lipinski definition) is 1. The number of rotatable bonds is 11. The Morgan fingerprint density at radius 1 is 1.15 bits per heavy atom. The summed E-state index contributed by atoms with van der Waals surface area (Å²) in [6.07, 6.45) is 8.74. The Balaban J connectivity index is 3.17. The number of nitrogens with zero attached hydrogens (tertiary/aromatic N) is 1. The molecule has 0 radical (unpaired) electrons. The zero-order valence-electron chi connectivity index (χ0n) is 17.1. The van der Waals surface area contributed by atoms with E-state index in [1.165, 1.54) is 6.08 Å². The first kappa shape index (κ1) is 22.6. The van der Waals surface area contributed by atoms with E-state index < -0.39 is 0 Å². The van der Waals surface area contributed by atoms with Crippen LogP contribution >= 0.6 is 0 Å². The monoisotopic (exact) mass is 363 g/mol. The van der Waals surface area contributed by atoms with Crippen molar-refractivity contribution in [3.8, 4) is 0 Å². The number of unbranched alkanes of at least 4 members (excludes halogenated alkanes) is 2. The van der Waals surface area contributed by atoms with Crippen LogP contribution in [-0.2, 0) is 0 Å². The van der Waals surface area contributed by atoms with Gasteiger partial charge < -0.3 is 0 Å². The zero-order chi connectivity index (χ0) is 19.5. The van der Waals surface area contributed by atoms with E-state index in [1.54, 1.807) is 19.9 Å². The molecule has 1 aromatic rings. The number of benzene rings is 1. The lowest BCUT2D eigenvalue weighted by atomic mass is 9.97. The Labute approximate surface area is 158 Å². The van der Waals surface area contributed by atoms with Crippen molar-refractivity contribution in [2.24, 2.45) is 0 Å². The van der Waals surface area contributed by atoms with Gasteiger partial charge in [0.15, 0.2) is 0 Å². The minimum absolute atomic E-state index is 0.145. The largest absolute Gasteiger partial charge is 0.296 e. The molecule has 26 heavy (non-hydrogen) atoms. The van der Waals surface area contributed by atoms with Gasteiger partial charge in [0.2, 0.25) is 0 Å². The van der Waals surface area contributed by atoms with Crippen LogP contribution in [0.25, 0.3) is 0 Å². The average molecular weight is 364 g/mol. The second kappa shape index (κ2) is 12.0. The van der Waals surface area contributed by atoms with E-state index in [0.717, 1.165) is 50.8 Å². The lowest BCUT2D eigenvalue weighted by molar-refractivity contribution is 0.191. The highest BCUT2D eigenvalue weighted by Gasteiger charge is 2.20. The predicted octanol–water partition coefficient (Wildman–Crippen LogP) is 7.29. The van der Waals surface area contributed by atoms with Crippen molar-refractivity contribution in [3.63, 3.8) is 0 Å². The molecule has 0 fully saturated rings. The second-order valence-electron chi connectivity index (χ2n) is 7.03. The molecule has 0 aromatic heterocycles. The molecule has 0 heterocycles. The Bertz CT molecular complexity index is 596. The van der Waals surface area contributed by atoms with Gasteiger partial charge in [-0.25, -0.2) is 8.78 Å². The van der Waals surface area contributed by atoms with Gasteiger partial charge in [0.1, 0.15) is 11.6 Å². The van der Waals surface area contributed by atoms with E-state index in [4.69, 9.17) is 0 Å². The maximum Gasteiger partial charge on any atom is 0.126 e. The molecule has 0 bridgehead atoms. The second-order valence-corrected chi connectivity index (χ2v) is 7.03. The zero-order valence-corrected chi connectivity index (χ0v) is 17.1. The van der Waals surface area contributed by atoms with Gasteiger partial charge in [0.25, 0.3) is 0 Å². The van der Waals surface area contributed by atoms with E-state index in [-0.39, 0.29) is 17.7 Å². The van der Waals surface area contributed by atoms with Gasteiger partial charge in [-0.1, -0.05) is 51.0 Å². The topological polar surface area (TPSA) is 3.24 Å². The maximum atomic E-state index is 13.8. The van der Waals surface area contributed by atoms with Crippen molar-refractivity contribution in [1.82, 2.24) is 4.90 Å². The molecule has 1 atom stereocenters. The first-order valence-corrected chi connectivity index (χ1v) is 9.93. The third-order valence-electron chi connectivity index (χ3n) is 4.88. The van der Waals surface area contributed by atoms with Gasteiger partial charge in [0.05, 0.1) is 0 Å². The summed E-state index contributed by atoms with van der Waals surface area (Å²) in [5.41, 5.74) is 2.45. The lowest BCUT2D eigenvalue weighted by Crippen LogP contribution is -2.31. The molecule has 1 nitrogen and oxygen atoms in total. The standard InChI is InChI=1S/C23H35F2N/c1-6-9-15-26(16-10-7-2)23(14-11-18(4)21(24)8-3)20-12-13-22(25)19(5)17-20/h8,11-13,17,23H,6-7,9-10,14-16H2,1-5H3/b18-11-,21-8+. The molecule has 0 spiro atoms. The van der Waals surface area contributed by atoms with Crippen LogP contribution in [-0.4, -0.2) is 18.0 Å².